The van der Waals surface area contributed by atoms with E-state index < -0.39 is 7.54 Å². The Labute approximate surface area is 106 Å². The van der Waals surface area contributed by atoms with Gasteiger partial charge in [-0.3, -0.25) is 12.9 Å². The van der Waals surface area contributed by atoms with Gasteiger partial charge in [0.15, 0.2) is 0 Å². The van der Waals surface area contributed by atoms with Crippen molar-refractivity contribution in [3.05, 3.63) is 7.11 Å². The minimum atomic E-state index is -3.67. The lowest BCUT2D eigenvalue weighted by Crippen LogP contribution is -3.00. The second-order valence-corrected chi connectivity index (χ2v) is 4.27. The highest BCUT2D eigenvalue weighted by Gasteiger charge is 2.25. The van der Waals surface area contributed by atoms with Gasteiger partial charge in [0.05, 0.1) is 33.4 Å². The van der Waals surface area contributed by atoms with E-state index in [-0.39, 0.29) is 4.70 Å². The highest BCUT2D eigenvalue weighted by Crippen LogP contribution is 2.15. The Kier molecular flexibility index (Phi) is 12.8. The molecule has 8 heteroatoms. The zero-order valence-electron chi connectivity index (χ0n) is 10.7. The van der Waals surface area contributed by atoms with Gasteiger partial charge in [-0.05, 0) is 0 Å². The molecule has 0 aliphatic carbocycles. The molecular weight excluding hydrogens is 253 g/mol. The van der Waals surface area contributed by atoms with Gasteiger partial charge < -0.3 is 13.9 Å². The first-order valence-corrected chi connectivity index (χ1v) is 5.71. The lowest BCUT2D eigenvalue weighted by atomic mass is 10.4. The highest BCUT2D eigenvalue weighted by molar-refractivity contribution is 6.33. The fraction of sp³-hybridized carbons (Fsp3) is 0.900. The fourth-order valence-corrected chi connectivity index (χ4v) is 1.83. The molecule has 1 aliphatic rings. The number of likely N-dealkylation sites (N-methyl/N-ethyl adjacent to an activating group) is 1. The smallest absolute Gasteiger partial charge is 0.762 e. The molecule has 0 bridgehead atoms. The van der Waals surface area contributed by atoms with Crippen LogP contribution in [0.5, 0.6) is 0 Å². The van der Waals surface area contributed by atoms with Gasteiger partial charge in [0, 0.05) is 12.8 Å². The zero-order valence-corrected chi connectivity index (χ0v) is 10.7. The number of likely N-dealkylation sites (tertiary alicyclic amines) is 1. The van der Waals surface area contributed by atoms with E-state index in [1.165, 1.54) is 30.4 Å². The van der Waals surface area contributed by atoms with Gasteiger partial charge in [0.25, 0.3) is 0 Å². The van der Waals surface area contributed by atoms with Crippen LogP contribution in [0.2, 0.25) is 0 Å². The number of hydrogen-bond donors (Lipinski definition) is 0. The third kappa shape index (κ3) is 12.0. The minimum absolute atomic E-state index is 0. The van der Waals surface area contributed by atoms with Crippen LogP contribution in [-0.4, -0.2) is 58.5 Å². The monoisotopic (exact) mass is 274 g/mol. The number of hydrogen-bond acceptors (Lipinski definition) is 2. The van der Waals surface area contributed by atoms with Gasteiger partial charge in [-0.2, -0.15) is 4.74 Å². The van der Waals surface area contributed by atoms with E-state index >= 15 is 0 Å². The van der Waals surface area contributed by atoms with Crippen LogP contribution in [0.1, 0.15) is 12.8 Å². The van der Waals surface area contributed by atoms with Gasteiger partial charge in [-0.15, -0.1) is 0 Å². The average Bonchev–Trinajstić information content (AvgIpc) is 2.64. The van der Waals surface area contributed by atoms with Crippen molar-refractivity contribution in [1.82, 2.24) is 0 Å². The van der Waals surface area contributed by atoms with E-state index in [4.69, 9.17) is 4.74 Å². The lowest BCUT2D eigenvalue weighted by molar-refractivity contribution is -0.898. The molecule has 0 unspecified atom stereocenters. The third-order valence-corrected chi connectivity index (χ3v) is 2.79. The summed E-state index contributed by atoms with van der Waals surface area (Å²) in [5.74, 6) is 0. The SMILES string of the molecule is FB(F)F.[CH2+]OCCOCC[N+]1(C)CCCC1.[F-]. The van der Waals surface area contributed by atoms with Crippen molar-refractivity contribution in [1.29, 1.82) is 0 Å². The maximum Gasteiger partial charge on any atom is 0.762 e. The second kappa shape index (κ2) is 11.6. The second-order valence-electron chi connectivity index (χ2n) is 4.27. The number of quaternary nitrogens is 1. The Morgan fingerprint density at radius 3 is 2.06 bits per heavy atom. The largest absolute Gasteiger partial charge is 1.00 e. The molecule has 0 aromatic heterocycles. The van der Waals surface area contributed by atoms with Crippen LogP contribution in [0.4, 0.5) is 12.9 Å². The highest BCUT2D eigenvalue weighted by atomic mass is 19.4. The number of halogens is 4. The van der Waals surface area contributed by atoms with Crippen LogP contribution < -0.4 is 4.70 Å². The topological polar surface area (TPSA) is 18.5 Å². The Morgan fingerprint density at radius 1 is 1.11 bits per heavy atom. The van der Waals surface area contributed by atoms with Gasteiger partial charge in [0.2, 0.25) is 7.11 Å². The Balaban J connectivity index is 0. The summed E-state index contributed by atoms with van der Waals surface area (Å²) in [6, 6.07) is 0. The van der Waals surface area contributed by atoms with Crippen LogP contribution in [0.25, 0.3) is 0 Å². The maximum absolute atomic E-state index is 9.67. The summed E-state index contributed by atoms with van der Waals surface area (Å²) in [6.07, 6.45) is 2.75. The first kappa shape index (κ1) is 19.9. The Bertz CT molecular complexity index is 181. The molecule has 1 saturated heterocycles. The van der Waals surface area contributed by atoms with E-state index in [1.54, 1.807) is 0 Å². The van der Waals surface area contributed by atoms with Crippen LogP contribution in [-0.2, 0) is 9.47 Å². The molecule has 3 nitrogen and oxygen atoms in total. The molecule has 0 N–H and O–H groups in total. The molecule has 0 radical (unpaired) electrons. The molecule has 1 rings (SSSR count). The normalized spacial score (nSPS) is 16.4. The van der Waals surface area contributed by atoms with Crippen molar-refractivity contribution in [3.8, 4) is 0 Å². The van der Waals surface area contributed by atoms with E-state index in [0.717, 1.165) is 13.2 Å². The molecule has 0 aromatic rings. The molecule has 0 atom stereocenters. The van der Waals surface area contributed by atoms with Crippen LogP contribution >= 0.6 is 0 Å². The van der Waals surface area contributed by atoms with E-state index in [9.17, 15) is 12.9 Å². The van der Waals surface area contributed by atoms with E-state index in [0.29, 0.717) is 13.2 Å². The number of nitrogens with zero attached hydrogens (tertiary/aromatic N) is 1. The molecule has 1 aliphatic heterocycles. The maximum atomic E-state index is 9.67. The summed E-state index contributed by atoms with van der Waals surface area (Å²) in [5.41, 5.74) is 0. The molecule has 108 valence electrons. The molecule has 0 aromatic carbocycles. The number of rotatable bonds is 6. The zero-order chi connectivity index (χ0) is 13.1. The van der Waals surface area contributed by atoms with Crippen molar-refractivity contribution in [2.45, 2.75) is 12.8 Å². The van der Waals surface area contributed by atoms with Crippen LogP contribution in [0.15, 0.2) is 0 Å². The van der Waals surface area contributed by atoms with Gasteiger partial charge in [-0.1, -0.05) is 0 Å². The summed E-state index contributed by atoms with van der Waals surface area (Å²) in [6.45, 7) is 5.88. The van der Waals surface area contributed by atoms with Crippen LogP contribution in [0.3, 0.4) is 0 Å². The first-order valence-electron chi connectivity index (χ1n) is 5.71. The summed E-state index contributed by atoms with van der Waals surface area (Å²) in [7, 11) is 1.94. The van der Waals surface area contributed by atoms with Crippen molar-refractivity contribution >= 4 is 7.54 Å². The van der Waals surface area contributed by atoms with E-state index in [1.807, 2.05) is 0 Å². The molecule has 0 amide bonds. The predicted molar refractivity (Wildman–Crippen MR) is 61.2 cm³/mol. The van der Waals surface area contributed by atoms with Crippen molar-refractivity contribution in [2.24, 2.45) is 0 Å². The summed E-state index contributed by atoms with van der Waals surface area (Å²) >= 11 is 0. The molecule has 0 saturated carbocycles. The predicted octanol–water partition coefficient (Wildman–Crippen LogP) is -1.06. The fourth-order valence-electron chi connectivity index (χ4n) is 1.83. The minimum Gasteiger partial charge on any atom is -1.00 e. The quantitative estimate of drug-likeness (QED) is 0.202. The molecule has 18 heavy (non-hydrogen) atoms. The summed E-state index contributed by atoms with van der Waals surface area (Å²) in [4.78, 5) is 0. The van der Waals surface area contributed by atoms with Crippen molar-refractivity contribution in [3.63, 3.8) is 0 Å². The van der Waals surface area contributed by atoms with Gasteiger partial charge in [-0.25, -0.2) is 0 Å². The van der Waals surface area contributed by atoms with Crippen molar-refractivity contribution < 1.29 is 31.6 Å². The van der Waals surface area contributed by atoms with Gasteiger partial charge in [0.1, 0.15) is 13.2 Å². The molecular formula is C10H21BF4NO2+. The van der Waals surface area contributed by atoms with Gasteiger partial charge >= 0.3 is 7.54 Å². The Hall–Kier alpha value is -0.465. The third-order valence-electron chi connectivity index (χ3n) is 2.79. The molecule has 0 spiro atoms. The number of ether oxygens (including phenoxy) is 2. The summed E-state index contributed by atoms with van der Waals surface area (Å²) in [5, 5.41) is 0. The molecule has 1 fully saturated rings. The first-order chi connectivity index (χ1) is 8.00. The van der Waals surface area contributed by atoms with Crippen molar-refractivity contribution in [2.75, 3.05) is 46.5 Å². The lowest BCUT2D eigenvalue weighted by Gasteiger charge is -2.28. The average molecular weight is 274 g/mol. The van der Waals surface area contributed by atoms with E-state index in [2.05, 4.69) is 18.9 Å². The summed E-state index contributed by atoms with van der Waals surface area (Å²) < 4.78 is 40.3. The molecule has 1 heterocycles. The standard InChI is InChI=1S/C10H21NO2.BF3.FH/c1-11(5-3-4-6-11)7-8-13-10-9-12-2;2-1(3)4;/h2-10H2,1H3;;1H/q+2;;/p-1. The Morgan fingerprint density at radius 2 is 1.61 bits per heavy atom. The van der Waals surface area contributed by atoms with Crippen LogP contribution in [0, 0.1) is 7.11 Å².